The summed E-state index contributed by atoms with van der Waals surface area (Å²) in [7, 11) is 0. The molecule has 0 N–H and O–H groups in total. The Morgan fingerprint density at radius 3 is 2.69 bits per heavy atom. The fraction of sp³-hybridized carbons (Fsp3) is 0.333. The van der Waals surface area contributed by atoms with Gasteiger partial charge in [0, 0.05) is 49.8 Å². The lowest BCUT2D eigenvalue weighted by Gasteiger charge is -2.38. The molecule has 0 radical (unpaired) electrons. The lowest BCUT2D eigenvalue weighted by atomic mass is 10.0. The summed E-state index contributed by atoms with van der Waals surface area (Å²) in [6, 6.07) is 12.4. The van der Waals surface area contributed by atoms with E-state index in [9.17, 15) is 4.79 Å². The molecule has 1 amide bonds. The number of amides is 1. The molecule has 2 aliphatic rings. The zero-order valence-electron chi connectivity index (χ0n) is 16.9. The van der Waals surface area contributed by atoms with Gasteiger partial charge in [0.1, 0.15) is 5.75 Å². The lowest BCUT2D eigenvalue weighted by molar-refractivity contribution is 0.0582. The maximum absolute atomic E-state index is 13.0. The summed E-state index contributed by atoms with van der Waals surface area (Å²) in [5.41, 5.74) is 4.82. The standard InChI is InChI=1S/C24H27N3O2/c1-4-18-15-21(7-8-22(18)25-3)24(28)27-12-10-26(11-13-27)17(2)20-6-5-19-9-14-29-23(19)16-20/h4-8,15-17H,1,3,9-14H2,2H3. The van der Waals surface area contributed by atoms with Gasteiger partial charge in [-0.2, -0.15) is 0 Å². The highest BCUT2D eigenvalue weighted by atomic mass is 16.5. The Morgan fingerprint density at radius 1 is 1.17 bits per heavy atom. The third-order valence-corrected chi connectivity index (χ3v) is 6.02. The van der Waals surface area contributed by atoms with E-state index in [0.717, 1.165) is 56.2 Å². The minimum absolute atomic E-state index is 0.0574. The second kappa shape index (κ2) is 8.21. The summed E-state index contributed by atoms with van der Waals surface area (Å²) >= 11 is 0. The molecule has 5 nitrogen and oxygen atoms in total. The van der Waals surface area contributed by atoms with E-state index in [1.807, 2.05) is 23.1 Å². The summed E-state index contributed by atoms with van der Waals surface area (Å²) in [5, 5.41) is 0. The van der Waals surface area contributed by atoms with Crippen LogP contribution in [0.3, 0.4) is 0 Å². The van der Waals surface area contributed by atoms with Crippen LogP contribution in [0.25, 0.3) is 6.08 Å². The molecule has 2 aromatic carbocycles. The Kier molecular flexibility index (Phi) is 5.49. The summed E-state index contributed by atoms with van der Waals surface area (Å²) in [5.74, 6) is 1.08. The minimum Gasteiger partial charge on any atom is -0.493 e. The van der Waals surface area contributed by atoms with Crippen molar-refractivity contribution in [2.24, 2.45) is 4.99 Å². The summed E-state index contributed by atoms with van der Waals surface area (Å²) in [6.07, 6.45) is 2.71. The molecule has 150 valence electrons. The van der Waals surface area contributed by atoms with Gasteiger partial charge in [-0.3, -0.25) is 14.7 Å². The van der Waals surface area contributed by atoms with Crippen LogP contribution in [0.2, 0.25) is 0 Å². The average molecular weight is 389 g/mol. The van der Waals surface area contributed by atoms with Crippen molar-refractivity contribution in [3.63, 3.8) is 0 Å². The molecule has 4 rings (SSSR count). The molecule has 0 aliphatic carbocycles. The van der Waals surface area contributed by atoms with E-state index in [2.05, 4.69) is 48.3 Å². The number of hydrogen-bond donors (Lipinski definition) is 0. The Labute approximate surface area is 172 Å². The monoisotopic (exact) mass is 389 g/mol. The van der Waals surface area contributed by atoms with Gasteiger partial charge in [-0.05, 0) is 49.0 Å². The zero-order valence-corrected chi connectivity index (χ0v) is 16.9. The number of carbonyl (C=O) groups is 1. The number of fused-ring (bicyclic) bond motifs is 1. The summed E-state index contributed by atoms with van der Waals surface area (Å²) in [4.78, 5) is 21.3. The fourth-order valence-corrected chi connectivity index (χ4v) is 4.14. The van der Waals surface area contributed by atoms with Crippen molar-refractivity contribution in [3.05, 3.63) is 65.2 Å². The molecule has 5 heteroatoms. The number of benzene rings is 2. The number of rotatable bonds is 5. The number of piperazine rings is 1. The van der Waals surface area contributed by atoms with E-state index in [1.54, 1.807) is 6.08 Å². The van der Waals surface area contributed by atoms with Crippen LogP contribution in [0.4, 0.5) is 5.69 Å². The Morgan fingerprint density at radius 2 is 1.97 bits per heavy atom. The van der Waals surface area contributed by atoms with Gasteiger partial charge >= 0.3 is 0 Å². The molecule has 0 saturated carbocycles. The predicted octanol–water partition coefficient (Wildman–Crippen LogP) is 4.12. The van der Waals surface area contributed by atoms with Gasteiger partial charge in [0.2, 0.25) is 0 Å². The zero-order chi connectivity index (χ0) is 20.4. The van der Waals surface area contributed by atoms with Crippen molar-refractivity contribution in [3.8, 4) is 5.75 Å². The second-order valence-electron chi connectivity index (χ2n) is 7.61. The second-order valence-corrected chi connectivity index (χ2v) is 7.61. The molecule has 0 spiro atoms. The van der Waals surface area contributed by atoms with Crippen molar-refractivity contribution >= 4 is 24.4 Å². The first kappa shape index (κ1) is 19.4. The molecule has 1 atom stereocenters. The van der Waals surface area contributed by atoms with Crippen molar-refractivity contribution in [2.45, 2.75) is 19.4 Å². The molecule has 0 aromatic heterocycles. The lowest BCUT2D eigenvalue weighted by Crippen LogP contribution is -2.49. The Balaban J connectivity index is 1.40. The maximum Gasteiger partial charge on any atom is 0.253 e. The van der Waals surface area contributed by atoms with Crippen LogP contribution in [-0.4, -0.2) is 55.2 Å². The van der Waals surface area contributed by atoms with Crippen LogP contribution >= 0.6 is 0 Å². The molecule has 29 heavy (non-hydrogen) atoms. The van der Waals surface area contributed by atoms with E-state index in [4.69, 9.17) is 4.74 Å². The van der Waals surface area contributed by atoms with Crippen LogP contribution in [0.1, 0.15) is 40.0 Å². The van der Waals surface area contributed by atoms with Gasteiger partial charge in [0.15, 0.2) is 0 Å². The molecule has 2 heterocycles. The first-order valence-corrected chi connectivity index (χ1v) is 10.1. The highest BCUT2D eigenvalue weighted by Crippen LogP contribution is 2.31. The highest BCUT2D eigenvalue weighted by molar-refractivity contribution is 5.95. The van der Waals surface area contributed by atoms with Crippen molar-refractivity contribution in [1.29, 1.82) is 0 Å². The third kappa shape index (κ3) is 3.83. The first-order valence-electron chi connectivity index (χ1n) is 10.1. The number of aliphatic imine (C=N–C) groups is 1. The molecule has 1 saturated heterocycles. The van der Waals surface area contributed by atoms with E-state index >= 15 is 0 Å². The molecular formula is C24H27N3O2. The molecule has 1 fully saturated rings. The van der Waals surface area contributed by atoms with Crippen molar-refractivity contribution in [1.82, 2.24) is 9.80 Å². The maximum atomic E-state index is 13.0. The molecule has 2 aromatic rings. The van der Waals surface area contributed by atoms with E-state index in [-0.39, 0.29) is 5.91 Å². The fourth-order valence-electron chi connectivity index (χ4n) is 4.14. The van der Waals surface area contributed by atoms with Gasteiger partial charge in [-0.25, -0.2) is 0 Å². The topological polar surface area (TPSA) is 45.1 Å². The van der Waals surface area contributed by atoms with Crippen LogP contribution < -0.4 is 4.74 Å². The van der Waals surface area contributed by atoms with Crippen LogP contribution in [0, 0.1) is 0 Å². The predicted molar refractivity (Wildman–Crippen MR) is 117 cm³/mol. The largest absolute Gasteiger partial charge is 0.493 e. The SMILES string of the molecule is C=Cc1cc(C(=O)N2CCN(C(C)c3ccc4c(c3)OCC4)CC2)ccc1N=C. The third-order valence-electron chi connectivity index (χ3n) is 6.02. The van der Waals surface area contributed by atoms with Crippen molar-refractivity contribution in [2.75, 3.05) is 32.8 Å². The van der Waals surface area contributed by atoms with Gasteiger partial charge < -0.3 is 9.64 Å². The summed E-state index contributed by atoms with van der Waals surface area (Å²) in [6.45, 7) is 13.5. The molecular weight excluding hydrogens is 362 g/mol. The number of nitrogens with zero attached hydrogens (tertiary/aromatic N) is 3. The number of hydrogen-bond acceptors (Lipinski definition) is 4. The molecule has 1 unspecified atom stereocenters. The van der Waals surface area contributed by atoms with Gasteiger partial charge in [-0.1, -0.05) is 24.8 Å². The summed E-state index contributed by atoms with van der Waals surface area (Å²) < 4.78 is 5.72. The Hall–Kier alpha value is -2.92. The van der Waals surface area contributed by atoms with E-state index < -0.39 is 0 Å². The van der Waals surface area contributed by atoms with Crippen LogP contribution in [-0.2, 0) is 6.42 Å². The molecule has 0 bridgehead atoms. The quantitative estimate of drug-likeness (QED) is 0.723. The van der Waals surface area contributed by atoms with Crippen LogP contribution in [0.15, 0.2) is 48.0 Å². The smallest absolute Gasteiger partial charge is 0.253 e. The minimum atomic E-state index is 0.0574. The normalized spacial score (nSPS) is 17.3. The number of ether oxygens (including phenoxy) is 1. The Bertz CT molecular complexity index is 945. The first-order chi connectivity index (χ1) is 14.1. The number of carbonyl (C=O) groups excluding carboxylic acids is 1. The highest BCUT2D eigenvalue weighted by Gasteiger charge is 2.26. The van der Waals surface area contributed by atoms with E-state index in [1.165, 1.54) is 11.1 Å². The van der Waals surface area contributed by atoms with Crippen molar-refractivity contribution < 1.29 is 9.53 Å². The van der Waals surface area contributed by atoms with Gasteiger partial charge in [0.25, 0.3) is 5.91 Å². The van der Waals surface area contributed by atoms with E-state index in [0.29, 0.717) is 11.6 Å². The van der Waals surface area contributed by atoms with Crippen LogP contribution in [0.5, 0.6) is 5.75 Å². The van der Waals surface area contributed by atoms with Gasteiger partial charge in [0.05, 0.1) is 12.3 Å². The molecule has 2 aliphatic heterocycles. The average Bonchev–Trinajstić information content (AvgIpc) is 3.25. The van der Waals surface area contributed by atoms with Gasteiger partial charge in [-0.15, -0.1) is 0 Å².